The predicted molar refractivity (Wildman–Crippen MR) is 67.6 cm³/mol. The monoisotopic (exact) mass is 230 g/mol. The highest BCUT2D eigenvalue weighted by atomic mass is 32.1. The highest BCUT2D eigenvalue weighted by Crippen LogP contribution is 2.39. The van der Waals surface area contributed by atoms with Crippen LogP contribution in [0.1, 0.15) is 22.8 Å². The molecule has 1 aliphatic rings. The number of aromatic nitrogens is 1. The number of rotatable bonds is 2. The largest absolute Gasteiger partial charge is 0.327 e. The van der Waals surface area contributed by atoms with Crippen LogP contribution in [0.5, 0.6) is 0 Å². The third-order valence-corrected chi connectivity index (χ3v) is 4.07. The first-order valence-electron chi connectivity index (χ1n) is 5.52. The maximum atomic E-state index is 5.83. The summed E-state index contributed by atoms with van der Waals surface area (Å²) in [6.45, 7) is 2.12. The van der Waals surface area contributed by atoms with E-state index in [1.165, 1.54) is 15.3 Å². The van der Waals surface area contributed by atoms with Crippen LogP contribution in [0.15, 0.2) is 30.5 Å². The van der Waals surface area contributed by atoms with Gasteiger partial charge in [0.2, 0.25) is 0 Å². The minimum absolute atomic E-state index is 0.358. The maximum absolute atomic E-state index is 5.83. The second kappa shape index (κ2) is 3.68. The summed E-state index contributed by atoms with van der Waals surface area (Å²) in [5.41, 5.74) is 8.17. The van der Waals surface area contributed by atoms with Gasteiger partial charge >= 0.3 is 0 Å². The maximum Gasteiger partial charge on any atom is 0.0801 e. The molecule has 2 heterocycles. The zero-order valence-electron chi connectivity index (χ0n) is 9.18. The van der Waals surface area contributed by atoms with Crippen molar-refractivity contribution in [2.75, 3.05) is 0 Å². The molecule has 2 N–H and O–H groups in total. The summed E-state index contributed by atoms with van der Waals surface area (Å²) in [7, 11) is 0. The van der Waals surface area contributed by atoms with E-state index in [0.717, 1.165) is 12.1 Å². The van der Waals surface area contributed by atoms with Crippen molar-refractivity contribution >= 4 is 11.3 Å². The van der Waals surface area contributed by atoms with E-state index in [0.29, 0.717) is 12.0 Å². The van der Waals surface area contributed by atoms with Crippen LogP contribution in [0.2, 0.25) is 0 Å². The quantitative estimate of drug-likeness (QED) is 0.861. The summed E-state index contributed by atoms with van der Waals surface area (Å²) in [5.74, 6) is 0.548. The third kappa shape index (κ3) is 1.77. The molecule has 0 saturated heterocycles. The summed E-state index contributed by atoms with van der Waals surface area (Å²) in [6.07, 6.45) is 3.08. The number of hydrogen-bond donors (Lipinski definition) is 1. The molecular formula is C13H14N2S. The van der Waals surface area contributed by atoms with Crippen LogP contribution in [-0.2, 0) is 0 Å². The fourth-order valence-electron chi connectivity index (χ4n) is 1.94. The van der Waals surface area contributed by atoms with Gasteiger partial charge in [-0.05, 0) is 37.1 Å². The molecule has 0 spiro atoms. The number of hydrogen-bond acceptors (Lipinski definition) is 3. The van der Waals surface area contributed by atoms with Crippen molar-refractivity contribution in [3.8, 4) is 10.6 Å². The van der Waals surface area contributed by atoms with Gasteiger partial charge in [0.15, 0.2) is 0 Å². The van der Waals surface area contributed by atoms with Gasteiger partial charge in [0.1, 0.15) is 0 Å². The molecule has 0 aliphatic heterocycles. The molecular weight excluding hydrogens is 216 g/mol. The van der Waals surface area contributed by atoms with E-state index >= 15 is 0 Å². The molecule has 1 saturated carbocycles. The minimum atomic E-state index is 0.358. The van der Waals surface area contributed by atoms with Crippen molar-refractivity contribution in [1.29, 1.82) is 0 Å². The van der Waals surface area contributed by atoms with E-state index in [1.54, 1.807) is 11.3 Å². The van der Waals surface area contributed by atoms with Crippen LogP contribution in [0.4, 0.5) is 0 Å². The van der Waals surface area contributed by atoms with Gasteiger partial charge in [0.05, 0.1) is 10.6 Å². The normalized spacial score (nSPS) is 23.4. The van der Waals surface area contributed by atoms with Crippen LogP contribution in [0.3, 0.4) is 0 Å². The summed E-state index contributed by atoms with van der Waals surface area (Å²) >= 11 is 1.78. The van der Waals surface area contributed by atoms with Crippen molar-refractivity contribution in [3.05, 3.63) is 40.9 Å². The van der Waals surface area contributed by atoms with Gasteiger partial charge in [0.25, 0.3) is 0 Å². The second-order valence-corrected chi connectivity index (χ2v) is 5.68. The Morgan fingerprint density at radius 1 is 1.31 bits per heavy atom. The van der Waals surface area contributed by atoms with E-state index in [2.05, 4.69) is 36.2 Å². The molecule has 0 radical (unpaired) electrons. The summed E-state index contributed by atoms with van der Waals surface area (Å²) in [6, 6.07) is 8.88. The lowest BCUT2D eigenvalue weighted by molar-refractivity contribution is 0.981. The van der Waals surface area contributed by atoms with Crippen molar-refractivity contribution < 1.29 is 0 Å². The SMILES string of the molecule is Cc1ccc(-c2ccc([C@@H]3C[C@H]3N)cn2)s1. The van der Waals surface area contributed by atoms with Gasteiger partial charge in [-0.1, -0.05) is 6.07 Å². The van der Waals surface area contributed by atoms with Crippen LogP contribution in [0, 0.1) is 6.92 Å². The van der Waals surface area contributed by atoms with Crippen molar-refractivity contribution in [2.45, 2.75) is 25.3 Å². The second-order valence-electron chi connectivity index (χ2n) is 4.39. The van der Waals surface area contributed by atoms with Gasteiger partial charge < -0.3 is 5.73 Å². The summed E-state index contributed by atoms with van der Waals surface area (Å²) < 4.78 is 0. The summed E-state index contributed by atoms with van der Waals surface area (Å²) in [5, 5.41) is 0. The van der Waals surface area contributed by atoms with E-state index < -0.39 is 0 Å². The Morgan fingerprint density at radius 2 is 2.12 bits per heavy atom. The van der Waals surface area contributed by atoms with Crippen LogP contribution in [0.25, 0.3) is 10.6 Å². The van der Waals surface area contributed by atoms with Gasteiger partial charge in [-0.2, -0.15) is 0 Å². The molecule has 0 aromatic carbocycles. The van der Waals surface area contributed by atoms with E-state index in [9.17, 15) is 0 Å². The molecule has 2 nitrogen and oxygen atoms in total. The zero-order chi connectivity index (χ0) is 11.1. The van der Waals surface area contributed by atoms with E-state index in [4.69, 9.17) is 5.73 Å². The number of thiophene rings is 1. The molecule has 3 heteroatoms. The van der Waals surface area contributed by atoms with Crippen LogP contribution < -0.4 is 5.73 Å². The molecule has 3 rings (SSSR count). The number of pyridine rings is 1. The van der Waals surface area contributed by atoms with E-state index in [1.807, 2.05) is 6.20 Å². The molecule has 0 bridgehead atoms. The lowest BCUT2D eigenvalue weighted by Crippen LogP contribution is -2.01. The number of nitrogens with zero attached hydrogens (tertiary/aromatic N) is 1. The standard InChI is InChI=1S/C13H14N2S/c1-8-2-5-13(16-8)12-4-3-9(7-15-12)10-6-11(10)14/h2-5,7,10-11H,6,14H2,1H3/t10-,11+/m0/s1. The highest BCUT2D eigenvalue weighted by Gasteiger charge is 2.34. The Hall–Kier alpha value is -1.19. The van der Waals surface area contributed by atoms with Crippen LogP contribution in [-0.4, -0.2) is 11.0 Å². The molecule has 82 valence electrons. The molecule has 1 aliphatic carbocycles. The lowest BCUT2D eigenvalue weighted by Gasteiger charge is -2.00. The Kier molecular flexibility index (Phi) is 2.30. The first-order valence-corrected chi connectivity index (χ1v) is 6.34. The molecule has 1 fully saturated rings. The predicted octanol–water partition coefficient (Wildman–Crippen LogP) is 2.93. The van der Waals surface area contributed by atoms with Gasteiger partial charge in [-0.15, -0.1) is 11.3 Å². The fourth-order valence-corrected chi connectivity index (χ4v) is 2.78. The topological polar surface area (TPSA) is 38.9 Å². The average molecular weight is 230 g/mol. The molecule has 16 heavy (non-hydrogen) atoms. The highest BCUT2D eigenvalue weighted by molar-refractivity contribution is 7.15. The zero-order valence-corrected chi connectivity index (χ0v) is 10.00. The number of aryl methyl sites for hydroxylation is 1. The van der Waals surface area contributed by atoms with Crippen molar-refractivity contribution in [3.63, 3.8) is 0 Å². The average Bonchev–Trinajstić information content (AvgIpc) is 2.86. The molecule has 0 amide bonds. The van der Waals surface area contributed by atoms with Crippen LogP contribution >= 0.6 is 11.3 Å². The van der Waals surface area contributed by atoms with Gasteiger partial charge in [0, 0.05) is 23.0 Å². The Bertz CT molecular complexity index is 501. The third-order valence-electron chi connectivity index (χ3n) is 3.05. The Labute approximate surface area is 99.1 Å². The molecule has 2 atom stereocenters. The summed E-state index contributed by atoms with van der Waals surface area (Å²) in [4.78, 5) is 7.08. The van der Waals surface area contributed by atoms with Crippen molar-refractivity contribution in [2.24, 2.45) is 5.73 Å². The van der Waals surface area contributed by atoms with Gasteiger partial charge in [-0.25, -0.2) is 0 Å². The first kappa shape index (κ1) is 10.00. The molecule has 2 aromatic rings. The lowest BCUT2D eigenvalue weighted by atomic mass is 10.1. The molecule has 0 unspecified atom stereocenters. The Balaban J connectivity index is 1.87. The smallest absolute Gasteiger partial charge is 0.0801 e. The van der Waals surface area contributed by atoms with Gasteiger partial charge in [-0.3, -0.25) is 4.98 Å². The first-order chi connectivity index (χ1) is 7.74. The Morgan fingerprint density at radius 3 is 2.62 bits per heavy atom. The fraction of sp³-hybridized carbons (Fsp3) is 0.308. The minimum Gasteiger partial charge on any atom is -0.327 e. The molecule has 2 aromatic heterocycles. The van der Waals surface area contributed by atoms with E-state index in [-0.39, 0.29) is 0 Å². The number of nitrogens with two attached hydrogens (primary N) is 1. The van der Waals surface area contributed by atoms with Crippen molar-refractivity contribution in [1.82, 2.24) is 4.98 Å².